The van der Waals surface area contributed by atoms with Crippen molar-refractivity contribution in [3.63, 3.8) is 0 Å². The van der Waals surface area contributed by atoms with E-state index in [4.69, 9.17) is 5.84 Å². The van der Waals surface area contributed by atoms with E-state index in [9.17, 15) is 18.8 Å². The van der Waals surface area contributed by atoms with E-state index in [2.05, 4.69) is 4.98 Å². The van der Waals surface area contributed by atoms with Gasteiger partial charge < -0.3 is 4.90 Å². The first-order valence-electron chi connectivity index (χ1n) is 8.24. The fourth-order valence-corrected chi connectivity index (χ4v) is 3.44. The molecule has 1 aromatic heterocycles. The normalized spacial score (nSPS) is 14.9. The number of benzene rings is 1. The minimum atomic E-state index is -1.01. The van der Waals surface area contributed by atoms with Crippen molar-refractivity contribution in [3.05, 3.63) is 58.2 Å². The summed E-state index contributed by atoms with van der Waals surface area (Å²) in [5.41, 5.74) is 2.34. The van der Waals surface area contributed by atoms with E-state index in [0.717, 1.165) is 6.20 Å². The maximum atomic E-state index is 14.3. The van der Waals surface area contributed by atoms with Gasteiger partial charge >= 0.3 is 0 Å². The third-order valence-electron chi connectivity index (χ3n) is 4.82. The van der Waals surface area contributed by atoms with Crippen molar-refractivity contribution in [1.29, 1.82) is 0 Å². The fourth-order valence-electron chi connectivity index (χ4n) is 3.44. The standard InChI is InChI=1S/C19H19FN4O3/c1-9-5-11(13(20)8-22-9)16(25)12-6-10(17(26)23-21)7-14-15(12)19(2,3)18(27)24(14)4/h5-8H,21H2,1-4H3,(H,23,26). The van der Waals surface area contributed by atoms with Crippen LogP contribution in [0.5, 0.6) is 0 Å². The number of hydrogen-bond donors (Lipinski definition) is 2. The zero-order valence-corrected chi connectivity index (χ0v) is 15.4. The van der Waals surface area contributed by atoms with Crippen LogP contribution < -0.4 is 16.2 Å². The van der Waals surface area contributed by atoms with Crippen LogP contribution in [0.25, 0.3) is 0 Å². The highest BCUT2D eigenvalue weighted by molar-refractivity contribution is 6.17. The average molecular weight is 370 g/mol. The number of fused-ring (bicyclic) bond motifs is 1. The Morgan fingerprint density at radius 1 is 1.22 bits per heavy atom. The lowest BCUT2D eigenvalue weighted by atomic mass is 9.80. The summed E-state index contributed by atoms with van der Waals surface area (Å²) in [5, 5.41) is 0. The van der Waals surface area contributed by atoms with Crippen molar-refractivity contribution < 1.29 is 18.8 Å². The van der Waals surface area contributed by atoms with Crippen LogP contribution in [0.1, 0.15) is 51.4 Å². The van der Waals surface area contributed by atoms with Crippen molar-refractivity contribution in [2.24, 2.45) is 5.84 Å². The molecule has 27 heavy (non-hydrogen) atoms. The number of pyridine rings is 1. The second-order valence-electron chi connectivity index (χ2n) is 7.02. The monoisotopic (exact) mass is 370 g/mol. The van der Waals surface area contributed by atoms with Gasteiger partial charge in [-0.3, -0.25) is 24.8 Å². The van der Waals surface area contributed by atoms with E-state index in [0.29, 0.717) is 16.9 Å². The van der Waals surface area contributed by atoms with Crippen molar-refractivity contribution in [2.45, 2.75) is 26.2 Å². The average Bonchev–Trinajstić information content (AvgIpc) is 2.82. The van der Waals surface area contributed by atoms with Crippen molar-refractivity contribution in [3.8, 4) is 0 Å². The first-order chi connectivity index (χ1) is 12.6. The van der Waals surface area contributed by atoms with Gasteiger partial charge in [-0.25, -0.2) is 10.2 Å². The van der Waals surface area contributed by atoms with Crippen LogP contribution in [0, 0.1) is 12.7 Å². The molecule has 3 N–H and O–H groups in total. The quantitative estimate of drug-likeness (QED) is 0.370. The van der Waals surface area contributed by atoms with Crippen LogP contribution >= 0.6 is 0 Å². The van der Waals surface area contributed by atoms with E-state index in [-0.39, 0.29) is 22.6 Å². The molecule has 1 aromatic carbocycles. The molecule has 7 nitrogen and oxygen atoms in total. The Balaban J connectivity index is 2.32. The van der Waals surface area contributed by atoms with Gasteiger partial charge in [0.15, 0.2) is 11.6 Å². The van der Waals surface area contributed by atoms with Gasteiger partial charge in [-0.2, -0.15) is 0 Å². The number of carbonyl (C=O) groups excluding carboxylic acids is 3. The first-order valence-corrected chi connectivity index (χ1v) is 8.24. The molecule has 0 bridgehead atoms. The number of halogens is 1. The second-order valence-corrected chi connectivity index (χ2v) is 7.02. The third kappa shape index (κ3) is 2.78. The minimum Gasteiger partial charge on any atom is -0.314 e. The first kappa shape index (κ1) is 18.7. The molecule has 0 spiro atoms. The molecule has 0 atom stereocenters. The van der Waals surface area contributed by atoms with Gasteiger partial charge in [-0.15, -0.1) is 0 Å². The van der Waals surface area contributed by atoms with E-state index in [1.807, 2.05) is 5.43 Å². The summed E-state index contributed by atoms with van der Waals surface area (Å²) in [5.74, 6) is 2.96. The summed E-state index contributed by atoms with van der Waals surface area (Å²) >= 11 is 0. The number of aryl methyl sites for hydroxylation is 1. The summed E-state index contributed by atoms with van der Waals surface area (Å²) in [6.07, 6.45) is 0.974. The molecule has 8 heteroatoms. The predicted molar refractivity (Wildman–Crippen MR) is 96.9 cm³/mol. The summed E-state index contributed by atoms with van der Waals surface area (Å²) in [7, 11) is 1.56. The molecule has 0 radical (unpaired) electrons. The van der Waals surface area contributed by atoms with Gasteiger partial charge in [0.05, 0.1) is 17.2 Å². The lowest BCUT2D eigenvalue weighted by Crippen LogP contribution is -2.33. The van der Waals surface area contributed by atoms with Crippen LogP contribution in [0.2, 0.25) is 0 Å². The van der Waals surface area contributed by atoms with E-state index in [1.54, 1.807) is 27.8 Å². The van der Waals surface area contributed by atoms with Crippen LogP contribution in [-0.4, -0.2) is 29.6 Å². The highest BCUT2D eigenvalue weighted by atomic mass is 19.1. The molecule has 2 aromatic rings. The van der Waals surface area contributed by atoms with E-state index >= 15 is 0 Å². The van der Waals surface area contributed by atoms with Gasteiger partial charge in [-0.1, -0.05) is 0 Å². The van der Waals surface area contributed by atoms with Crippen molar-refractivity contribution >= 4 is 23.3 Å². The van der Waals surface area contributed by atoms with Gasteiger partial charge in [0.1, 0.15) is 0 Å². The number of nitrogens with zero attached hydrogens (tertiary/aromatic N) is 2. The SMILES string of the molecule is Cc1cc(C(=O)c2cc(C(=O)NN)cc3c2C(C)(C)C(=O)N3C)c(F)cn1. The number of nitrogen functional groups attached to an aromatic ring is 1. The maximum absolute atomic E-state index is 14.3. The molecule has 1 aliphatic rings. The largest absolute Gasteiger partial charge is 0.314 e. The smallest absolute Gasteiger partial charge is 0.265 e. The minimum absolute atomic E-state index is 0.0818. The highest BCUT2D eigenvalue weighted by Gasteiger charge is 2.45. The molecule has 0 fully saturated rings. The number of aromatic nitrogens is 1. The number of nitrogens with one attached hydrogen (secondary N) is 1. The summed E-state index contributed by atoms with van der Waals surface area (Å²) in [6.45, 7) is 5.01. The Morgan fingerprint density at radius 2 is 1.89 bits per heavy atom. The number of likely N-dealkylation sites (N-methyl/N-ethyl adjacent to an activating group) is 1. The Hall–Kier alpha value is -3.13. The Labute approximate surface area is 155 Å². The zero-order valence-electron chi connectivity index (χ0n) is 15.4. The Morgan fingerprint density at radius 3 is 2.52 bits per heavy atom. The third-order valence-corrected chi connectivity index (χ3v) is 4.82. The number of ketones is 1. The number of amides is 2. The Kier molecular flexibility index (Phi) is 4.31. The molecule has 2 amide bonds. The summed E-state index contributed by atoms with van der Waals surface area (Å²) in [4.78, 5) is 43.1. The zero-order chi connectivity index (χ0) is 20.1. The lowest BCUT2D eigenvalue weighted by molar-refractivity contribution is -0.121. The molecule has 0 aliphatic carbocycles. The summed E-state index contributed by atoms with van der Waals surface area (Å²) in [6, 6.07) is 4.18. The molecule has 2 heterocycles. The Bertz CT molecular complexity index is 1000. The molecular formula is C19H19FN4O3. The molecule has 140 valence electrons. The topological polar surface area (TPSA) is 105 Å². The molecule has 0 saturated carbocycles. The van der Waals surface area contributed by atoms with E-state index in [1.165, 1.54) is 23.1 Å². The van der Waals surface area contributed by atoms with Crippen LogP contribution in [0.3, 0.4) is 0 Å². The number of hydrogen-bond acceptors (Lipinski definition) is 5. The molecule has 3 rings (SSSR count). The van der Waals surface area contributed by atoms with Crippen molar-refractivity contribution in [2.75, 3.05) is 11.9 Å². The number of nitrogens with two attached hydrogens (primary N) is 1. The fraction of sp³-hybridized carbons (Fsp3) is 0.263. The van der Waals surface area contributed by atoms with Crippen LogP contribution in [0.4, 0.5) is 10.1 Å². The lowest BCUT2D eigenvalue weighted by Gasteiger charge is -2.19. The molecule has 1 aliphatic heterocycles. The number of carbonyl (C=O) groups is 3. The summed E-state index contributed by atoms with van der Waals surface area (Å²) < 4.78 is 14.3. The number of anilines is 1. The van der Waals surface area contributed by atoms with Gasteiger partial charge in [-0.05, 0) is 39.0 Å². The van der Waals surface area contributed by atoms with Crippen LogP contribution in [-0.2, 0) is 10.2 Å². The van der Waals surface area contributed by atoms with Gasteiger partial charge in [0.25, 0.3) is 5.91 Å². The second kappa shape index (κ2) is 6.24. The predicted octanol–water partition coefficient (Wildman–Crippen LogP) is 1.62. The molecule has 0 saturated heterocycles. The molecule has 0 unspecified atom stereocenters. The molecular weight excluding hydrogens is 351 g/mol. The number of hydrazine groups is 1. The van der Waals surface area contributed by atoms with Crippen molar-refractivity contribution in [1.82, 2.24) is 10.4 Å². The van der Waals surface area contributed by atoms with Crippen LogP contribution in [0.15, 0.2) is 24.4 Å². The number of rotatable bonds is 3. The maximum Gasteiger partial charge on any atom is 0.265 e. The van der Waals surface area contributed by atoms with E-state index < -0.39 is 22.9 Å². The van der Waals surface area contributed by atoms with Gasteiger partial charge in [0.2, 0.25) is 5.91 Å². The van der Waals surface area contributed by atoms with Gasteiger partial charge in [0, 0.05) is 35.1 Å². The highest BCUT2D eigenvalue weighted by Crippen LogP contribution is 2.44.